The van der Waals surface area contributed by atoms with Gasteiger partial charge in [0.25, 0.3) is 5.91 Å². The molecular weight excluding hydrogens is 354 g/mol. The monoisotopic (exact) mass is 377 g/mol. The van der Waals surface area contributed by atoms with Gasteiger partial charge in [-0.2, -0.15) is 0 Å². The smallest absolute Gasteiger partial charge is 0.308 e. The van der Waals surface area contributed by atoms with Gasteiger partial charge in [-0.3, -0.25) is 9.59 Å². The number of nitrogens with two attached hydrogens (primary N) is 1. The Morgan fingerprint density at radius 2 is 1.96 bits per heavy atom. The second kappa shape index (κ2) is 9.20. The molecule has 0 bridgehead atoms. The summed E-state index contributed by atoms with van der Waals surface area (Å²) in [5.74, 6) is -1.94. The molecule has 3 N–H and O–H groups in total. The van der Waals surface area contributed by atoms with E-state index in [0.29, 0.717) is 36.2 Å². The first-order valence-electron chi connectivity index (χ1n) is 8.03. The lowest BCUT2D eigenvalue weighted by molar-refractivity contribution is -0.145. The van der Waals surface area contributed by atoms with E-state index in [-0.39, 0.29) is 23.0 Å². The van der Waals surface area contributed by atoms with Crippen molar-refractivity contribution in [2.45, 2.75) is 19.8 Å². The topological polar surface area (TPSA) is 96.0 Å². The van der Waals surface area contributed by atoms with Crippen molar-refractivity contribution >= 4 is 29.2 Å². The Labute approximate surface area is 158 Å². The van der Waals surface area contributed by atoms with E-state index in [0.717, 1.165) is 0 Å². The number of carboxylic acids is 1. The number of aliphatic imine (C=N–C) groups is 1. The Morgan fingerprint density at radius 3 is 2.46 bits per heavy atom. The Morgan fingerprint density at radius 1 is 1.35 bits per heavy atom. The maximum Gasteiger partial charge on any atom is 0.308 e. The van der Waals surface area contributed by atoms with E-state index < -0.39 is 17.8 Å². The molecule has 1 saturated heterocycles. The second-order valence-electron chi connectivity index (χ2n) is 6.01. The van der Waals surface area contributed by atoms with Gasteiger partial charge in [0, 0.05) is 18.7 Å². The molecule has 1 aliphatic rings. The number of hydrogen-bond donors (Lipinski definition) is 2. The van der Waals surface area contributed by atoms with Crippen LogP contribution in [0.25, 0.3) is 0 Å². The van der Waals surface area contributed by atoms with E-state index in [1.54, 1.807) is 6.92 Å². The fourth-order valence-electron chi connectivity index (χ4n) is 2.51. The van der Waals surface area contributed by atoms with Crippen LogP contribution in [-0.4, -0.2) is 40.7 Å². The fourth-order valence-corrected chi connectivity index (χ4v) is 2.55. The molecule has 1 rings (SSSR count). The maximum atomic E-state index is 12.7. The third-order valence-corrected chi connectivity index (χ3v) is 4.38. The molecule has 1 amide bonds. The van der Waals surface area contributed by atoms with Gasteiger partial charge in [-0.05, 0) is 25.3 Å². The molecule has 0 saturated carbocycles. The molecule has 6 nitrogen and oxygen atoms in total. The van der Waals surface area contributed by atoms with E-state index in [9.17, 15) is 14.7 Å². The summed E-state index contributed by atoms with van der Waals surface area (Å²) in [6.07, 6.45) is 2.63. The summed E-state index contributed by atoms with van der Waals surface area (Å²) in [5, 5.41) is 9.33. The number of aliphatic carboxylic acids is 1. The van der Waals surface area contributed by atoms with Crippen LogP contribution in [0.15, 0.2) is 65.0 Å². The number of likely N-dealkylation sites (tertiary alicyclic amines) is 1. The first-order valence-corrected chi connectivity index (χ1v) is 8.40. The van der Waals surface area contributed by atoms with Crippen molar-refractivity contribution in [2.75, 3.05) is 13.1 Å². The zero-order valence-electron chi connectivity index (χ0n) is 14.9. The summed E-state index contributed by atoms with van der Waals surface area (Å²) >= 11 is 5.80. The third-order valence-electron chi connectivity index (χ3n) is 4.16. The largest absolute Gasteiger partial charge is 0.481 e. The van der Waals surface area contributed by atoms with Crippen LogP contribution in [0, 0.1) is 5.92 Å². The molecule has 1 fully saturated rings. The molecule has 0 radical (unpaired) electrons. The summed E-state index contributed by atoms with van der Waals surface area (Å²) in [7, 11) is 0. The Bertz CT molecular complexity index is 734. The molecule has 0 aliphatic carbocycles. The van der Waals surface area contributed by atoms with Gasteiger partial charge in [0.05, 0.1) is 22.4 Å². The van der Waals surface area contributed by atoms with E-state index >= 15 is 0 Å². The molecule has 1 unspecified atom stereocenters. The van der Waals surface area contributed by atoms with E-state index in [1.165, 1.54) is 11.0 Å². The highest BCUT2D eigenvalue weighted by atomic mass is 35.5. The number of halogens is 1. The average molecular weight is 378 g/mol. The molecule has 1 heterocycles. The lowest BCUT2D eigenvalue weighted by Crippen LogP contribution is -2.44. The summed E-state index contributed by atoms with van der Waals surface area (Å²) < 4.78 is 0. The van der Waals surface area contributed by atoms with Crippen LogP contribution in [0.1, 0.15) is 19.8 Å². The summed E-state index contributed by atoms with van der Waals surface area (Å²) in [6, 6.07) is 0. The van der Waals surface area contributed by atoms with Gasteiger partial charge in [0.15, 0.2) is 0 Å². The summed E-state index contributed by atoms with van der Waals surface area (Å²) in [5.41, 5.74) is 7.39. The normalized spacial score (nSPS) is 18.6. The minimum atomic E-state index is -0.916. The standard InChI is InChI=1S/C19H24ClN3O3/c1-6-11(2)17(22-14(5)13(4)20)12(3)16(21)18(24)23-9-7-8-15(10-23)19(25)26/h6,15H,1-2,4-5,7-10,21H2,3H3,(H,25,26)/b16-12-,22-17?. The number of hydrogen-bond acceptors (Lipinski definition) is 4. The number of piperidine rings is 1. The van der Waals surface area contributed by atoms with E-state index in [1.807, 2.05) is 0 Å². The van der Waals surface area contributed by atoms with Crippen molar-refractivity contribution in [1.82, 2.24) is 4.90 Å². The fraction of sp³-hybridized carbons (Fsp3) is 0.316. The predicted molar refractivity (Wildman–Crippen MR) is 105 cm³/mol. The van der Waals surface area contributed by atoms with Crippen molar-refractivity contribution < 1.29 is 14.7 Å². The highest BCUT2D eigenvalue weighted by molar-refractivity contribution is 6.31. The molecule has 1 aliphatic heterocycles. The first kappa shape index (κ1) is 21.4. The van der Waals surface area contributed by atoms with E-state index in [4.69, 9.17) is 17.3 Å². The van der Waals surface area contributed by atoms with Crippen LogP contribution < -0.4 is 5.73 Å². The summed E-state index contributed by atoms with van der Waals surface area (Å²) in [4.78, 5) is 29.6. The van der Waals surface area contributed by atoms with Gasteiger partial charge < -0.3 is 15.7 Å². The molecule has 0 spiro atoms. The predicted octanol–water partition coefficient (Wildman–Crippen LogP) is 2.99. The molecule has 140 valence electrons. The van der Waals surface area contributed by atoms with Crippen molar-refractivity contribution in [3.8, 4) is 0 Å². The average Bonchev–Trinajstić information content (AvgIpc) is 2.63. The number of rotatable bonds is 7. The second-order valence-corrected chi connectivity index (χ2v) is 6.46. The number of carbonyl (C=O) groups is 2. The van der Waals surface area contributed by atoms with Gasteiger partial charge >= 0.3 is 5.97 Å². The Hall–Kier alpha value is -2.60. The van der Waals surface area contributed by atoms with Crippen LogP contribution in [-0.2, 0) is 9.59 Å². The molecule has 0 aromatic heterocycles. The van der Waals surface area contributed by atoms with Gasteiger partial charge in [-0.15, -0.1) is 0 Å². The lowest BCUT2D eigenvalue weighted by Gasteiger charge is -2.31. The van der Waals surface area contributed by atoms with Crippen LogP contribution in [0.2, 0.25) is 0 Å². The lowest BCUT2D eigenvalue weighted by atomic mass is 9.97. The van der Waals surface area contributed by atoms with Crippen molar-refractivity contribution in [1.29, 1.82) is 0 Å². The Balaban J connectivity index is 3.21. The van der Waals surface area contributed by atoms with Crippen molar-refractivity contribution in [3.05, 3.63) is 60.0 Å². The number of carbonyl (C=O) groups excluding carboxylic acids is 1. The number of allylic oxidation sites excluding steroid dienone is 4. The highest BCUT2D eigenvalue weighted by Crippen LogP contribution is 2.21. The van der Waals surface area contributed by atoms with Crippen LogP contribution in [0.5, 0.6) is 0 Å². The minimum Gasteiger partial charge on any atom is -0.481 e. The Kier molecular flexibility index (Phi) is 7.58. The highest BCUT2D eigenvalue weighted by Gasteiger charge is 2.29. The van der Waals surface area contributed by atoms with Crippen molar-refractivity contribution in [3.63, 3.8) is 0 Å². The molecule has 0 aromatic rings. The minimum absolute atomic E-state index is 0.0363. The molecule has 7 heteroatoms. The summed E-state index contributed by atoms with van der Waals surface area (Å²) in [6.45, 7) is 17.0. The number of nitrogens with zero attached hydrogens (tertiary/aromatic N) is 2. The molecule has 26 heavy (non-hydrogen) atoms. The zero-order chi connectivity index (χ0) is 20.0. The van der Waals surface area contributed by atoms with E-state index in [2.05, 4.69) is 31.3 Å². The molecule has 1 atom stereocenters. The van der Waals surface area contributed by atoms with Gasteiger partial charge in [0.2, 0.25) is 0 Å². The van der Waals surface area contributed by atoms with Crippen LogP contribution in [0.4, 0.5) is 0 Å². The zero-order valence-corrected chi connectivity index (χ0v) is 15.7. The molecular formula is C19H24ClN3O3. The van der Waals surface area contributed by atoms with Crippen molar-refractivity contribution in [2.24, 2.45) is 16.6 Å². The van der Waals surface area contributed by atoms with Gasteiger partial charge in [0.1, 0.15) is 5.70 Å². The quantitative estimate of drug-likeness (QED) is 0.405. The SMILES string of the molecule is C=CC(=C)C(=NC(=C)C(=C)Cl)/C(C)=C(\N)C(=O)N1CCCC(C(=O)O)C1. The number of carboxylic acid groups (broad SMARTS) is 1. The first-order chi connectivity index (χ1) is 12.1. The number of amides is 1. The molecule has 0 aromatic carbocycles. The van der Waals surface area contributed by atoms with Gasteiger partial charge in [-0.1, -0.05) is 44.0 Å². The maximum absolute atomic E-state index is 12.7. The van der Waals surface area contributed by atoms with Gasteiger partial charge in [-0.25, -0.2) is 4.99 Å². The third kappa shape index (κ3) is 5.20. The van der Waals surface area contributed by atoms with Crippen LogP contribution in [0.3, 0.4) is 0 Å². The van der Waals surface area contributed by atoms with Crippen LogP contribution >= 0.6 is 11.6 Å².